The van der Waals surface area contributed by atoms with Crippen LogP contribution in [0.5, 0.6) is 0 Å². The zero-order valence-corrected chi connectivity index (χ0v) is 11.9. The zero-order chi connectivity index (χ0) is 16.0. The predicted molar refractivity (Wildman–Crippen MR) is 70.2 cm³/mol. The number of benzene rings is 1. The van der Waals surface area contributed by atoms with Crippen LogP contribution in [0.2, 0.25) is 0 Å². The van der Waals surface area contributed by atoms with Crippen molar-refractivity contribution in [3.63, 3.8) is 0 Å². The van der Waals surface area contributed by atoms with Crippen molar-refractivity contribution < 1.29 is 32.2 Å². The Kier molecular flexibility index (Phi) is 5.79. The minimum absolute atomic E-state index is 0.283. The van der Waals surface area contributed by atoms with Crippen molar-refractivity contribution in [3.05, 3.63) is 35.6 Å². The molecule has 0 aliphatic heterocycles. The number of nitrogens with one attached hydrogen (secondary N) is 1. The first-order valence-electron chi connectivity index (χ1n) is 5.77. The van der Waals surface area contributed by atoms with E-state index in [1.807, 2.05) is 4.72 Å². The summed E-state index contributed by atoms with van der Waals surface area (Å²) in [5.41, 5.74) is 0.283. The largest absolute Gasteiger partial charge is 0.480 e. The van der Waals surface area contributed by atoms with Crippen LogP contribution < -0.4 is 4.72 Å². The Balaban J connectivity index is 2.79. The fraction of sp³-hybridized carbons (Fsp3) is 0.333. The lowest BCUT2D eigenvalue weighted by molar-refractivity contribution is -0.147. The molecule has 116 valence electrons. The van der Waals surface area contributed by atoms with E-state index in [0.717, 1.165) is 19.2 Å². The van der Waals surface area contributed by atoms with Gasteiger partial charge in [0.2, 0.25) is 10.0 Å². The van der Waals surface area contributed by atoms with Gasteiger partial charge in [-0.2, -0.15) is 0 Å². The van der Waals surface area contributed by atoms with Gasteiger partial charge in [0.25, 0.3) is 0 Å². The van der Waals surface area contributed by atoms with Crippen LogP contribution in [0.1, 0.15) is 12.0 Å². The first kappa shape index (κ1) is 17.1. The van der Waals surface area contributed by atoms with Gasteiger partial charge in [0.05, 0.1) is 19.3 Å². The molecule has 0 spiro atoms. The molecule has 0 fully saturated rings. The minimum Gasteiger partial charge on any atom is -0.480 e. The maximum atomic E-state index is 12.7. The Morgan fingerprint density at radius 3 is 2.38 bits per heavy atom. The number of esters is 1. The fourth-order valence-electron chi connectivity index (χ4n) is 1.49. The number of carboxylic acids is 1. The average molecular weight is 319 g/mol. The quantitative estimate of drug-likeness (QED) is 0.698. The van der Waals surface area contributed by atoms with Crippen LogP contribution in [0.3, 0.4) is 0 Å². The van der Waals surface area contributed by atoms with Crippen LogP contribution in [-0.2, 0) is 30.1 Å². The molecule has 0 radical (unpaired) electrons. The minimum atomic E-state index is -4.01. The Labute approximate surface area is 120 Å². The highest BCUT2D eigenvalue weighted by atomic mass is 32.2. The Bertz CT molecular complexity index is 613. The average Bonchev–Trinajstić information content (AvgIpc) is 2.39. The third-order valence-corrected chi connectivity index (χ3v) is 3.85. The molecule has 1 aromatic rings. The molecule has 0 aliphatic rings. The summed E-state index contributed by atoms with van der Waals surface area (Å²) in [6.07, 6.45) is -0.630. The second-order valence-electron chi connectivity index (χ2n) is 4.17. The third-order valence-electron chi connectivity index (χ3n) is 2.49. The molecule has 0 bridgehead atoms. The Morgan fingerprint density at radius 1 is 1.33 bits per heavy atom. The Morgan fingerprint density at radius 2 is 1.90 bits per heavy atom. The van der Waals surface area contributed by atoms with Gasteiger partial charge in [-0.3, -0.25) is 9.59 Å². The van der Waals surface area contributed by atoms with Crippen LogP contribution in [0.25, 0.3) is 0 Å². The van der Waals surface area contributed by atoms with Gasteiger partial charge >= 0.3 is 11.9 Å². The number of carboxylic acid groups (broad SMARTS) is 1. The van der Waals surface area contributed by atoms with Gasteiger partial charge in [-0.25, -0.2) is 17.5 Å². The van der Waals surface area contributed by atoms with E-state index in [9.17, 15) is 22.4 Å². The monoisotopic (exact) mass is 319 g/mol. The summed E-state index contributed by atoms with van der Waals surface area (Å²) in [5, 5.41) is 8.90. The van der Waals surface area contributed by atoms with E-state index in [2.05, 4.69) is 4.74 Å². The van der Waals surface area contributed by atoms with Gasteiger partial charge in [-0.05, 0) is 17.7 Å². The molecule has 0 amide bonds. The normalized spacial score (nSPS) is 12.7. The molecule has 0 saturated heterocycles. The second kappa shape index (κ2) is 7.14. The van der Waals surface area contributed by atoms with Crippen molar-refractivity contribution in [3.8, 4) is 0 Å². The number of hydrogen-bond donors (Lipinski definition) is 2. The van der Waals surface area contributed by atoms with E-state index >= 15 is 0 Å². The molecule has 0 unspecified atom stereocenters. The highest BCUT2D eigenvalue weighted by Gasteiger charge is 2.27. The van der Waals surface area contributed by atoms with Gasteiger partial charge in [-0.15, -0.1) is 0 Å². The van der Waals surface area contributed by atoms with Crippen LogP contribution in [0.15, 0.2) is 24.3 Å². The summed E-state index contributed by atoms with van der Waals surface area (Å²) < 4.78 is 42.6. The van der Waals surface area contributed by atoms with Crippen molar-refractivity contribution in [1.29, 1.82) is 0 Å². The third kappa shape index (κ3) is 5.88. The van der Waals surface area contributed by atoms with Gasteiger partial charge < -0.3 is 9.84 Å². The lowest BCUT2D eigenvalue weighted by atomic mass is 10.2. The van der Waals surface area contributed by atoms with Gasteiger partial charge in [0, 0.05) is 0 Å². The number of methoxy groups -OCH3 is 1. The number of ether oxygens (including phenoxy) is 1. The van der Waals surface area contributed by atoms with Gasteiger partial charge in [0.15, 0.2) is 0 Å². The van der Waals surface area contributed by atoms with E-state index in [-0.39, 0.29) is 5.56 Å². The summed E-state index contributed by atoms with van der Waals surface area (Å²) in [7, 11) is -2.94. The summed E-state index contributed by atoms with van der Waals surface area (Å²) in [6, 6.07) is 3.10. The van der Waals surface area contributed by atoms with Crippen molar-refractivity contribution in [2.24, 2.45) is 0 Å². The Hall–Kier alpha value is -2.00. The van der Waals surface area contributed by atoms with Crippen LogP contribution in [-0.4, -0.2) is 38.6 Å². The molecule has 0 saturated carbocycles. The van der Waals surface area contributed by atoms with Crippen molar-refractivity contribution in [1.82, 2.24) is 4.72 Å². The number of carbonyl (C=O) groups excluding carboxylic acids is 1. The number of halogens is 1. The van der Waals surface area contributed by atoms with Crippen LogP contribution in [0.4, 0.5) is 4.39 Å². The maximum Gasteiger partial charge on any atom is 0.322 e. The van der Waals surface area contributed by atoms with Crippen molar-refractivity contribution >= 4 is 22.0 Å². The van der Waals surface area contributed by atoms with E-state index in [0.29, 0.717) is 0 Å². The highest BCUT2D eigenvalue weighted by Crippen LogP contribution is 2.08. The smallest absolute Gasteiger partial charge is 0.322 e. The number of sulfonamides is 1. The van der Waals surface area contributed by atoms with Crippen LogP contribution >= 0.6 is 0 Å². The molecule has 21 heavy (non-hydrogen) atoms. The number of carbonyl (C=O) groups is 2. The molecule has 9 heteroatoms. The topological polar surface area (TPSA) is 110 Å². The summed E-state index contributed by atoms with van der Waals surface area (Å²) in [4.78, 5) is 22.0. The first-order chi connectivity index (χ1) is 9.73. The van der Waals surface area contributed by atoms with Crippen molar-refractivity contribution in [2.75, 3.05) is 7.11 Å². The summed E-state index contributed by atoms with van der Waals surface area (Å²) >= 11 is 0. The van der Waals surface area contributed by atoms with Crippen molar-refractivity contribution in [2.45, 2.75) is 18.2 Å². The highest BCUT2D eigenvalue weighted by molar-refractivity contribution is 7.88. The SMILES string of the molecule is COC(=O)C[C@H](NS(=O)(=O)Cc1ccc(F)cc1)C(=O)O. The zero-order valence-electron chi connectivity index (χ0n) is 11.1. The molecule has 0 heterocycles. The van der Waals surface area contributed by atoms with Crippen LogP contribution in [0, 0.1) is 5.82 Å². The number of hydrogen-bond acceptors (Lipinski definition) is 5. The summed E-state index contributed by atoms with van der Waals surface area (Å²) in [5.74, 6) is -3.40. The molecular weight excluding hydrogens is 305 g/mol. The van der Waals surface area contributed by atoms with E-state index in [4.69, 9.17) is 5.11 Å². The molecule has 2 N–H and O–H groups in total. The van der Waals surface area contributed by atoms with E-state index < -0.39 is 46.0 Å². The lowest BCUT2D eigenvalue weighted by Gasteiger charge is -2.13. The second-order valence-corrected chi connectivity index (χ2v) is 5.93. The molecule has 1 atom stereocenters. The van der Waals surface area contributed by atoms with Gasteiger partial charge in [0.1, 0.15) is 11.9 Å². The molecule has 0 aromatic heterocycles. The van der Waals surface area contributed by atoms with Gasteiger partial charge in [-0.1, -0.05) is 12.1 Å². The molecule has 0 aliphatic carbocycles. The number of rotatable bonds is 7. The first-order valence-corrected chi connectivity index (χ1v) is 7.43. The maximum absolute atomic E-state index is 12.7. The predicted octanol–water partition coefficient (Wildman–Crippen LogP) is 0.261. The fourth-order valence-corrected chi connectivity index (χ4v) is 2.82. The molecule has 1 aromatic carbocycles. The molecule has 7 nitrogen and oxygen atoms in total. The van der Waals surface area contributed by atoms with E-state index in [1.54, 1.807) is 0 Å². The molecule has 1 rings (SSSR count). The number of aliphatic carboxylic acids is 1. The molecular formula is C12H14FNO6S. The lowest BCUT2D eigenvalue weighted by Crippen LogP contribution is -2.42. The summed E-state index contributed by atoms with van der Waals surface area (Å²) in [6.45, 7) is 0. The standard InChI is InChI=1S/C12H14FNO6S/c1-20-11(15)6-10(12(16)17)14-21(18,19)7-8-2-4-9(13)5-3-8/h2-5,10,14H,6-7H2,1H3,(H,16,17)/t10-/m0/s1. The van der Waals surface area contributed by atoms with E-state index in [1.165, 1.54) is 12.1 Å².